The summed E-state index contributed by atoms with van der Waals surface area (Å²) in [5, 5.41) is 16.5. The van der Waals surface area contributed by atoms with Crippen LogP contribution in [0.4, 0.5) is 27.5 Å². The second-order valence-corrected chi connectivity index (χ2v) is 11.2. The van der Waals surface area contributed by atoms with Crippen LogP contribution in [-0.2, 0) is 11.3 Å². The fraction of sp³-hybridized carbons (Fsp3) is 0.214. The van der Waals surface area contributed by atoms with Gasteiger partial charge < -0.3 is 20.1 Å². The minimum Gasteiger partial charge on any atom is -0.495 e. The molecule has 2 aliphatic rings. The van der Waals surface area contributed by atoms with Crippen LogP contribution in [0.3, 0.4) is 0 Å². The van der Waals surface area contributed by atoms with Gasteiger partial charge in [-0.05, 0) is 23.8 Å². The van der Waals surface area contributed by atoms with Crippen LogP contribution in [0.2, 0.25) is 10.0 Å². The minimum atomic E-state index is -0.604. The molecule has 41 heavy (non-hydrogen) atoms. The van der Waals surface area contributed by atoms with E-state index in [1.165, 1.54) is 30.3 Å². The maximum atomic E-state index is 13.5. The van der Waals surface area contributed by atoms with Gasteiger partial charge in [0.25, 0.3) is 5.91 Å². The summed E-state index contributed by atoms with van der Waals surface area (Å²) in [6.07, 6.45) is 1.37. The highest BCUT2D eigenvalue weighted by molar-refractivity contribution is 7.21. The first-order chi connectivity index (χ1) is 19.9. The molecule has 13 heteroatoms. The number of morpholine rings is 1. The number of pyridine rings is 1. The number of benzene rings is 2. The van der Waals surface area contributed by atoms with Crippen molar-refractivity contribution in [3.63, 3.8) is 0 Å². The molecule has 0 bridgehead atoms. The van der Waals surface area contributed by atoms with Crippen LogP contribution in [0.25, 0.3) is 10.2 Å². The molecule has 6 rings (SSSR count). The third kappa shape index (κ3) is 5.05. The Labute approximate surface area is 249 Å². The second-order valence-electron chi connectivity index (χ2n) is 9.36. The Morgan fingerprint density at radius 1 is 1.22 bits per heavy atom. The lowest BCUT2D eigenvalue weighted by atomic mass is 10.1. The predicted molar refractivity (Wildman–Crippen MR) is 159 cm³/mol. The first kappa shape index (κ1) is 27.3. The predicted octanol–water partition coefficient (Wildman–Crippen LogP) is 6.25. The molecule has 0 spiro atoms. The number of nitriles is 1. The first-order valence-electron chi connectivity index (χ1n) is 12.6. The topological polar surface area (TPSA) is 120 Å². The molecule has 1 saturated heterocycles. The average molecular weight is 609 g/mol. The van der Waals surface area contributed by atoms with Gasteiger partial charge in [0.1, 0.15) is 21.5 Å². The van der Waals surface area contributed by atoms with E-state index in [1.807, 2.05) is 24.3 Å². The molecule has 0 unspecified atom stereocenters. The first-order valence-corrected chi connectivity index (χ1v) is 14.1. The molecule has 0 aliphatic carbocycles. The van der Waals surface area contributed by atoms with Crippen LogP contribution >= 0.6 is 34.5 Å². The van der Waals surface area contributed by atoms with Crippen molar-refractivity contribution in [3.05, 3.63) is 68.6 Å². The van der Waals surface area contributed by atoms with Crippen LogP contribution in [-0.4, -0.2) is 55.2 Å². The molecule has 3 amide bonds. The average Bonchev–Trinajstić information content (AvgIpc) is 3.34. The quantitative estimate of drug-likeness (QED) is 0.265. The third-order valence-corrected chi connectivity index (χ3v) is 8.56. The fourth-order valence-electron chi connectivity index (χ4n) is 4.88. The fourth-order valence-corrected chi connectivity index (χ4v) is 6.42. The van der Waals surface area contributed by atoms with Gasteiger partial charge >= 0.3 is 6.03 Å². The van der Waals surface area contributed by atoms with Crippen LogP contribution in [0, 0.1) is 11.3 Å². The standard InChI is InChI=1S/C28H22Cl2N6O4S/c1-39-21-11-20(18(29)10-19(21)30)36-24-16(12-31)13-32-27-22(24)23(34-28(36)38)25(41-27)26(37)33-17-4-2-15(3-5-17)14-35-6-8-40-9-7-35/h2-5,10-11,13H,6-9,14H2,1H3,(H,33,37)(H,34,38). The summed E-state index contributed by atoms with van der Waals surface area (Å²) in [6.45, 7) is 4.04. The molecule has 0 saturated carbocycles. The molecule has 4 heterocycles. The zero-order chi connectivity index (χ0) is 28.7. The van der Waals surface area contributed by atoms with E-state index in [0.717, 1.165) is 49.7 Å². The van der Waals surface area contributed by atoms with Crippen molar-refractivity contribution in [1.82, 2.24) is 9.88 Å². The molecule has 0 radical (unpaired) electrons. The summed E-state index contributed by atoms with van der Waals surface area (Å²) in [7, 11) is 1.44. The van der Waals surface area contributed by atoms with Crippen LogP contribution < -0.4 is 20.3 Å². The van der Waals surface area contributed by atoms with Crippen LogP contribution in [0.5, 0.6) is 5.75 Å². The highest BCUT2D eigenvalue weighted by Crippen LogP contribution is 2.49. The number of hydrogen-bond donors (Lipinski definition) is 2. The molecule has 208 valence electrons. The molecule has 10 nitrogen and oxygen atoms in total. The van der Waals surface area contributed by atoms with E-state index in [9.17, 15) is 14.9 Å². The summed E-state index contributed by atoms with van der Waals surface area (Å²) in [5.41, 5.74) is 2.69. The molecule has 2 N–H and O–H groups in total. The zero-order valence-corrected chi connectivity index (χ0v) is 24.0. The van der Waals surface area contributed by atoms with Crippen molar-refractivity contribution in [2.24, 2.45) is 0 Å². The Balaban J connectivity index is 1.34. The van der Waals surface area contributed by atoms with E-state index < -0.39 is 11.9 Å². The van der Waals surface area contributed by atoms with E-state index >= 15 is 0 Å². The lowest BCUT2D eigenvalue weighted by Gasteiger charge is -2.30. The van der Waals surface area contributed by atoms with E-state index in [1.54, 1.807) is 0 Å². The largest absolute Gasteiger partial charge is 0.495 e. The maximum absolute atomic E-state index is 13.5. The number of anilines is 4. The number of methoxy groups -OCH3 is 1. The smallest absolute Gasteiger partial charge is 0.331 e. The van der Waals surface area contributed by atoms with Gasteiger partial charge in [-0.2, -0.15) is 5.26 Å². The minimum absolute atomic E-state index is 0.138. The summed E-state index contributed by atoms with van der Waals surface area (Å²) in [4.78, 5) is 35.7. The van der Waals surface area contributed by atoms with Crippen molar-refractivity contribution in [2.45, 2.75) is 6.54 Å². The molecular formula is C28H22Cl2N6O4S. The summed E-state index contributed by atoms with van der Waals surface area (Å²) in [5.74, 6) is -0.108. The number of ether oxygens (including phenoxy) is 2. The number of hydrogen-bond acceptors (Lipinski definition) is 8. The Morgan fingerprint density at radius 3 is 2.68 bits per heavy atom. The van der Waals surface area contributed by atoms with Crippen molar-refractivity contribution in [2.75, 3.05) is 48.9 Å². The van der Waals surface area contributed by atoms with Gasteiger partial charge in [-0.25, -0.2) is 9.78 Å². The Morgan fingerprint density at radius 2 is 1.98 bits per heavy atom. The van der Waals surface area contributed by atoms with Crippen LogP contribution in [0.15, 0.2) is 42.6 Å². The Bertz CT molecular complexity index is 1730. The van der Waals surface area contributed by atoms with Crippen molar-refractivity contribution in [3.8, 4) is 11.8 Å². The number of carbonyl (C=O) groups excluding carboxylic acids is 2. The van der Waals surface area contributed by atoms with Gasteiger partial charge in [-0.3, -0.25) is 14.6 Å². The number of thiophene rings is 1. The molecule has 4 aromatic rings. The molecule has 2 aromatic heterocycles. The number of rotatable bonds is 6. The van der Waals surface area contributed by atoms with Gasteiger partial charge in [0.15, 0.2) is 0 Å². The highest BCUT2D eigenvalue weighted by Gasteiger charge is 2.36. The third-order valence-electron chi connectivity index (χ3n) is 6.86. The van der Waals surface area contributed by atoms with Crippen molar-refractivity contribution >= 4 is 79.4 Å². The number of carbonyl (C=O) groups is 2. The monoisotopic (exact) mass is 608 g/mol. The van der Waals surface area contributed by atoms with E-state index in [0.29, 0.717) is 21.7 Å². The van der Waals surface area contributed by atoms with Gasteiger partial charge in [0, 0.05) is 37.6 Å². The maximum Gasteiger partial charge on any atom is 0.331 e. The van der Waals surface area contributed by atoms with Gasteiger partial charge in [0.05, 0.1) is 58.4 Å². The number of nitrogens with zero attached hydrogens (tertiary/aromatic N) is 4. The molecule has 0 atom stereocenters. The molecule has 1 fully saturated rings. The zero-order valence-electron chi connectivity index (χ0n) is 21.7. The van der Waals surface area contributed by atoms with E-state index in [-0.39, 0.29) is 37.5 Å². The van der Waals surface area contributed by atoms with Gasteiger partial charge in [-0.15, -0.1) is 11.3 Å². The lowest BCUT2D eigenvalue weighted by Crippen LogP contribution is -2.35. The van der Waals surface area contributed by atoms with E-state index in [4.69, 9.17) is 32.7 Å². The van der Waals surface area contributed by atoms with Crippen molar-refractivity contribution in [1.29, 1.82) is 5.26 Å². The molecular weight excluding hydrogens is 587 g/mol. The number of nitrogens with one attached hydrogen (secondary N) is 2. The van der Waals surface area contributed by atoms with Gasteiger partial charge in [-0.1, -0.05) is 35.3 Å². The lowest BCUT2D eigenvalue weighted by molar-refractivity contribution is 0.0342. The number of urea groups is 1. The van der Waals surface area contributed by atoms with Crippen molar-refractivity contribution < 1.29 is 19.1 Å². The SMILES string of the molecule is COc1cc(N2C(=O)Nc3c(C(=O)Nc4ccc(CN5CCOCC5)cc4)sc4ncc(C#N)c2c34)c(Cl)cc1Cl. The highest BCUT2D eigenvalue weighted by atomic mass is 35.5. The summed E-state index contributed by atoms with van der Waals surface area (Å²) < 4.78 is 10.7. The molecule has 2 aliphatic heterocycles. The molecule has 2 aromatic carbocycles. The number of amides is 3. The normalized spacial score (nSPS) is 15.0. The van der Waals surface area contributed by atoms with Gasteiger partial charge in [0.2, 0.25) is 0 Å². The summed E-state index contributed by atoms with van der Waals surface area (Å²) in [6, 6.07) is 12.1. The number of halogens is 2. The second kappa shape index (κ2) is 11.2. The Kier molecular flexibility index (Phi) is 7.42. The van der Waals surface area contributed by atoms with Crippen LogP contribution in [0.1, 0.15) is 20.8 Å². The Hall–Kier alpha value is -3.92. The van der Waals surface area contributed by atoms with E-state index in [2.05, 4.69) is 26.6 Å². The summed E-state index contributed by atoms with van der Waals surface area (Å²) >= 11 is 13.8. The number of aromatic nitrogens is 1.